The summed E-state index contributed by atoms with van der Waals surface area (Å²) >= 11 is 1.44. The van der Waals surface area contributed by atoms with Crippen LogP contribution >= 0.6 is 0 Å². The van der Waals surface area contributed by atoms with E-state index in [1.165, 1.54) is 20.9 Å². The molecule has 0 bridgehead atoms. The monoisotopic (exact) mass is 540 g/mol. The third-order valence-electron chi connectivity index (χ3n) is 0. The molecule has 0 rings (SSSR count). The summed E-state index contributed by atoms with van der Waals surface area (Å²) in [6.45, 7) is 0. The fourth-order valence-corrected chi connectivity index (χ4v) is 0. The van der Waals surface area contributed by atoms with E-state index in [0.717, 1.165) is 0 Å². The van der Waals surface area contributed by atoms with E-state index in [1.807, 2.05) is 0 Å². The van der Waals surface area contributed by atoms with Gasteiger partial charge in [-0.1, -0.05) is 0 Å². The van der Waals surface area contributed by atoms with E-state index in [0.29, 0.717) is 0 Å². The molecule has 0 aromatic heterocycles. The van der Waals surface area contributed by atoms with Crippen molar-refractivity contribution in [3.05, 3.63) is 0 Å². The van der Waals surface area contributed by atoms with Gasteiger partial charge in [-0.15, -0.1) is 0 Å². The van der Waals surface area contributed by atoms with E-state index >= 15 is 0 Å². The second-order valence-corrected chi connectivity index (χ2v) is 0. The van der Waals surface area contributed by atoms with Gasteiger partial charge in [-0.05, 0) is 0 Å². The van der Waals surface area contributed by atoms with Gasteiger partial charge >= 0.3 is 26.8 Å². The summed E-state index contributed by atoms with van der Waals surface area (Å²) in [7, 11) is 0. The molecule has 0 aliphatic carbocycles. The van der Waals surface area contributed by atoms with Gasteiger partial charge in [-0.3, -0.25) is 0 Å². The van der Waals surface area contributed by atoms with Gasteiger partial charge in [0.2, 0.25) is 0 Å². The largest absolute Gasteiger partial charge is 0 e. The molecule has 0 nitrogen and oxygen atoms in total. The van der Waals surface area contributed by atoms with Crippen LogP contribution in [0.15, 0.2) is 0 Å². The molecular formula is H2BCrFeNiTaZr2. The molecule has 42 valence electrons. The molecule has 0 aromatic carbocycles. The average Bonchev–Trinajstić information content (AvgIpc) is 1.00. The Morgan fingerprint density at radius 1 is 1.00 bits per heavy atom. The smallest absolute Gasteiger partial charge is 0 e. The van der Waals surface area contributed by atoms with Gasteiger partial charge in [-0.25, -0.2) is 0 Å². The molecule has 7 heteroatoms. The minimum absolute atomic E-state index is 0. The number of rotatable bonds is 0. The van der Waals surface area contributed by atoms with E-state index < -0.39 is 0 Å². The summed E-state index contributed by atoms with van der Waals surface area (Å²) in [4.78, 5) is 0. The van der Waals surface area contributed by atoms with Crippen molar-refractivity contribution in [3.8, 4) is 0 Å². The Bertz CT molecular complexity index is 17.7. The molecule has 0 radical (unpaired) electrons. The first-order valence-electron chi connectivity index (χ1n) is 0.447. The van der Waals surface area contributed by atoms with Crippen molar-refractivity contribution in [2.24, 2.45) is 0 Å². The summed E-state index contributed by atoms with van der Waals surface area (Å²) in [6.07, 6.45) is 0. The maximum absolute atomic E-state index is 2.11. The van der Waals surface area contributed by atoms with Gasteiger partial charge in [-0.2, -0.15) is 0 Å². The summed E-state index contributed by atoms with van der Waals surface area (Å²) in [6, 6.07) is 0. The molecule has 0 aromatic rings. The van der Waals surface area contributed by atoms with Crippen LogP contribution in [0.25, 0.3) is 0 Å². The average molecular weight is 543 g/mol. The molecule has 0 amide bonds. The van der Waals surface area contributed by atoms with Gasteiger partial charge in [0.05, 0.1) is 0 Å². The predicted molar refractivity (Wildman–Crippen MR) is 8.54 cm³/mol. The van der Waals surface area contributed by atoms with E-state index in [9.17, 15) is 0 Å². The van der Waals surface area contributed by atoms with Gasteiger partial charge < -0.3 is 0 Å². The van der Waals surface area contributed by atoms with Crippen LogP contribution in [0.3, 0.4) is 0 Å². The standard InChI is InChI=1S/BH2.Cr.Fe.Ni.Ta.2Zr/h1H2;;;;;;/q+1;;;;-1;;. The number of hydrogen-bond acceptors (Lipinski definition) is 0. The summed E-state index contributed by atoms with van der Waals surface area (Å²) in [5.74, 6) is 2.11. The van der Waals surface area contributed by atoms with Crippen LogP contribution in [-0.2, 0) is 124 Å². The predicted octanol–water partition coefficient (Wildman–Crippen LogP) is -0.931. The Kier molecular flexibility index (Phi) is 308. The second-order valence-electron chi connectivity index (χ2n) is 0. The van der Waals surface area contributed by atoms with Crippen LogP contribution in [0.2, 0.25) is 0 Å². The van der Waals surface area contributed by atoms with E-state index in [2.05, 4.69) is 5.93 Å². The number of hydrogen-bond donors (Lipinski definition) is 0. The Labute approximate surface area is 127 Å². The van der Waals surface area contributed by atoms with Crippen molar-refractivity contribution >= 4 is 5.93 Å². The van der Waals surface area contributed by atoms with E-state index in [-0.39, 0.29) is 103 Å². The quantitative estimate of drug-likeness (QED) is 0.347. The van der Waals surface area contributed by atoms with E-state index in [1.54, 1.807) is 0 Å². The Morgan fingerprint density at radius 2 is 1.00 bits per heavy atom. The van der Waals surface area contributed by atoms with Crippen molar-refractivity contribution in [1.29, 1.82) is 0 Å². The summed E-state index contributed by atoms with van der Waals surface area (Å²) < 4.78 is 0. The molecule has 0 fully saturated rings. The topological polar surface area (TPSA) is 0 Å². The first kappa shape index (κ1) is 43.5. The molecule has 0 aliphatic rings. The van der Waals surface area contributed by atoms with Crippen molar-refractivity contribution in [2.75, 3.05) is 0 Å². The van der Waals surface area contributed by atoms with Crippen molar-refractivity contribution in [3.63, 3.8) is 0 Å². The molecular weight excluding hydrogens is 541 g/mol. The van der Waals surface area contributed by atoms with Crippen LogP contribution in [0.5, 0.6) is 0 Å². The van der Waals surface area contributed by atoms with Crippen molar-refractivity contribution in [1.82, 2.24) is 0 Å². The molecule has 0 saturated heterocycles. The van der Waals surface area contributed by atoms with Gasteiger partial charge in [0.1, 0.15) is 0 Å². The third-order valence-corrected chi connectivity index (χ3v) is 0. The zero-order chi connectivity index (χ0) is 2.00. The minimum Gasteiger partial charge on any atom is 0 e. The van der Waals surface area contributed by atoms with Crippen LogP contribution < -0.4 is 0 Å². The SMILES string of the molecule is [BH2][Ta].[Cr].[Fe].[Ni].[Zr].[Zr]. The van der Waals surface area contributed by atoms with Crippen molar-refractivity contribution < 1.29 is 124 Å². The van der Waals surface area contributed by atoms with Gasteiger partial charge in [0.15, 0.2) is 0 Å². The molecule has 0 spiro atoms. The Balaban J connectivity index is -0.000000000500. The molecule has 0 aliphatic heterocycles. The normalized spacial score (nSPS) is 0.571. The summed E-state index contributed by atoms with van der Waals surface area (Å²) in [5, 5.41) is 0. The van der Waals surface area contributed by atoms with Crippen LogP contribution in [0.4, 0.5) is 0 Å². The fraction of sp³-hybridized carbons (Fsp3) is 0. The maximum atomic E-state index is 2.11. The second kappa shape index (κ2) is 49.6. The molecule has 0 heterocycles. The summed E-state index contributed by atoms with van der Waals surface area (Å²) in [5.41, 5.74) is 0. The van der Waals surface area contributed by atoms with Crippen molar-refractivity contribution in [2.45, 2.75) is 0 Å². The first-order valence-corrected chi connectivity index (χ1v) is 3.66. The van der Waals surface area contributed by atoms with Crippen LogP contribution in [0.1, 0.15) is 0 Å². The molecule has 0 unspecified atom stereocenters. The third kappa shape index (κ3) is 39.3. The van der Waals surface area contributed by atoms with Gasteiger partial charge in [0, 0.05) is 103 Å². The van der Waals surface area contributed by atoms with E-state index in [4.69, 9.17) is 0 Å². The minimum atomic E-state index is 0. The Morgan fingerprint density at radius 3 is 1.00 bits per heavy atom. The fourth-order valence-electron chi connectivity index (χ4n) is 0. The first-order chi connectivity index (χ1) is 1.00. The zero-order valence-corrected chi connectivity index (χ0v) is 15.0. The van der Waals surface area contributed by atoms with Crippen LogP contribution in [-0.4, -0.2) is 5.93 Å². The molecule has 7 heavy (non-hydrogen) atoms. The molecule has 0 atom stereocenters. The maximum Gasteiger partial charge on any atom is 0 e. The van der Waals surface area contributed by atoms with Crippen LogP contribution in [0, 0.1) is 0 Å². The van der Waals surface area contributed by atoms with Gasteiger partial charge in [0.25, 0.3) is 0 Å². The Hall–Kier alpha value is 4.12. The molecule has 0 N–H and O–H groups in total. The molecule has 0 saturated carbocycles. The zero-order valence-electron chi connectivity index (χ0n) is 3.53.